The number of rotatable bonds is 4. The Morgan fingerprint density at radius 3 is 2.41 bits per heavy atom. The van der Waals surface area contributed by atoms with Crippen LogP contribution >= 0.6 is 0 Å². The van der Waals surface area contributed by atoms with Crippen LogP contribution in [0.3, 0.4) is 0 Å². The summed E-state index contributed by atoms with van der Waals surface area (Å²) in [6.45, 7) is 2.57. The molecular formula is C25H28F3N3O3. The Hall–Kier alpha value is -2.94. The number of aryl methyl sites for hydroxylation is 1. The molecule has 0 bridgehead atoms. The van der Waals surface area contributed by atoms with Crippen LogP contribution in [0.5, 0.6) is 0 Å². The summed E-state index contributed by atoms with van der Waals surface area (Å²) in [5.74, 6) is -1.29. The number of benzene rings is 1. The summed E-state index contributed by atoms with van der Waals surface area (Å²) < 4.78 is 48.1. The van der Waals surface area contributed by atoms with Gasteiger partial charge in [0.25, 0.3) is 11.5 Å². The van der Waals surface area contributed by atoms with Crippen molar-refractivity contribution in [2.24, 2.45) is 5.41 Å². The van der Waals surface area contributed by atoms with Crippen molar-refractivity contribution >= 4 is 11.8 Å². The maximum absolute atomic E-state index is 14.4. The van der Waals surface area contributed by atoms with Crippen molar-refractivity contribution in [2.45, 2.75) is 43.9 Å². The van der Waals surface area contributed by atoms with Crippen LogP contribution in [-0.2, 0) is 19.9 Å². The molecule has 2 fully saturated rings. The molecule has 2 amide bonds. The van der Waals surface area contributed by atoms with Gasteiger partial charge in [-0.05, 0) is 36.8 Å². The van der Waals surface area contributed by atoms with Gasteiger partial charge in [0, 0.05) is 56.5 Å². The van der Waals surface area contributed by atoms with Gasteiger partial charge in [-0.2, -0.15) is 13.2 Å². The number of piperidine rings is 2. The minimum Gasteiger partial charge on any atom is -0.356 e. The van der Waals surface area contributed by atoms with Crippen LogP contribution in [0.1, 0.15) is 42.0 Å². The number of likely N-dealkylation sites (tertiary alicyclic amines) is 1. The molecule has 182 valence electrons. The number of methoxy groups -OCH3 is 1. The van der Waals surface area contributed by atoms with E-state index in [0.717, 1.165) is 18.4 Å². The number of pyridine rings is 1. The number of halogens is 3. The third-order valence-electron chi connectivity index (χ3n) is 7.37. The van der Waals surface area contributed by atoms with Crippen LogP contribution in [0.25, 0.3) is 0 Å². The van der Waals surface area contributed by atoms with Crippen molar-refractivity contribution in [3.8, 4) is 0 Å². The third-order valence-corrected chi connectivity index (χ3v) is 7.37. The largest absolute Gasteiger partial charge is 0.430 e. The molecule has 6 nitrogen and oxygen atoms in total. The van der Waals surface area contributed by atoms with Gasteiger partial charge in [0.1, 0.15) is 0 Å². The average Bonchev–Trinajstić information content (AvgIpc) is 2.81. The van der Waals surface area contributed by atoms with E-state index < -0.39 is 23.1 Å². The number of ether oxygens (including phenoxy) is 1. The Balaban J connectivity index is 1.63. The summed E-state index contributed by atoms with van der Waals surface area (Å²) in [6, 6.07) is 10.8. The van der Waals surface area contributed by atoms with Gasteiger partial charge >= 0.3 is 6.18 Å². The minimum absolute atomic E-state index is 0.0763. The quantitative estimate of drug-likeness (QED) is 0.732. The second kappa shape index (κ2) is 9.02. The zero-order chi connectivity index (χ0) is 24.6. The normalized spacial score (nSPS) is 22.2. The lowest BCUT2D eigenvalue weighted by Gasteiger charge is -2.50. The molecule has 2 atom stereocenters. The second-order valence-corrected chi connectivity index (χ2v) is 9.14. The summed E-state index contributed by atoms with van der Waals surface area (Å²) >= 11 is 0. The van der Waals surface area contributed by atoms with E-state index in [0.29, 0.717) is 19.4 Å². The number of hydrogen-bond acceptors (Lipinski definition) is 4. The molecule has 0 unspecified atom stereocenters. The highest BCUT2D eigenvalue weighted by atomic mass is 19.4. The van der Waals surface area contributed by atoms with Crippen molar-refractivity contribution in [2.75, 3.05) is 26.7 Å². The highest BCUT2D eigenvalue weighted by Crippen LogP contribution is 2.50. The molecule has 2 saturated heterocycles. The van der Waals surface area contributed by atoms with Gasteiger partial charge in [-0.25, -0.2) is 0 Å². The second-order valence-electron chi connectivity index (χ2n) is 9.14. The molecule has 2 aromatic rings. The van der Waals surface area contributed by atoms with Crippen LogP contribution in [-0.4, -0.2) is 54.6 Å². The van der Waals surface area contributed by atoms with Crippen LogP contribution in [0, 0.1) is 12.3 Å². The predicted octanol–water partition coefficient (Wildman–Crippen LogP) is 3.71. The van der Waals surface area contributed by atoms with Crippen molar-refractivity contribution in [1.29, 1.82) is 0 Å². The van der Waals surface area contributed by atoms with Crippen molar-refractivity contribution in [3.63, 3.8) is 0 Å². The van der Waals surface area contributed by atoms with Crippen LogP contribution in [0.4, 0.5) is 13.2 Å². The zero-order valence-electron chi connectivity index (χ0n) is 19.2. The molecule has 1 aromatic heterocycles. The first-order valence-electron chi connectivity index (χ1n) is 11.3. The van der Waals surface area contributed by atoms with Crippen LogP contribution in [0.15, 0.2) is 48.7 Å². The third kappa shape index (κ3) is 3.96. The smallest absolute Gasteiger partial charge is 0.356 e. The Bertz CT molecular complexity index is 1050. The van der Waals surface area contributed by atoms with Crippen molar-refractivity contribution in [3.05, 3.63) is 65.5 Å². The molecule has 9 heteroatoms. The number of alkyl halides is 3. The molecule has 1 N–H and O–H groups in total. The molecule has 2 aliphatic rings. The number of carbonyl (C=O) groups excluding carboxylic acids is 2. The first-order valence-corrected chi connectivity index (χ1v) is 11.3. The maximum Gasteiger partial charge on any atom is 0.430 e. The molecule has 0 radical (unpaired) electrons. The minimum atomic E-state index is -4.95. The number of nitrogens with one attached hydrogen (secondary N) is 1. The van der Waals surface area contributed by atoms with E-state index in [2.05, 4.69) is 10.3 Å². The number of hydrogen-bond donors (Lipinski definition) is 1. The number of carbonyl (C=O) groups is 2. The van der Waals surface area contributed by atoms with Gasteiger partial charge in [-0.3, -0.25) is 14.6 Å². The van der Waals surface area contributed by atoms with Gasteiger partial charge in [0.15, 0.2) is 0 Å². The van der Waals surface area contributed by atoms with E-state index in [1.54, 1.807) is 12.3 Å². The first kappa shape index (κ1) is 24.2. The molecule has 4 rings (SSSR count). The lowest BCUT2D eigenvalue weighted by Crippen LogP contribution is -2.60. The Morgan fingerprint density at radius 1 is 1.15 bits per heavy atom. The predicted molar refractivity (Wildman–Crippen MR) is 119 cm³/mol. The Labute approximate surface area is 196 Å². The molecule has 0 aliphatic carbocycles. The highest BCUT2D eigenvalue weighted by molar-refractivity contribution is 5.88. The van der Waals surface area contributed by atoms with Gasteiger partial charge in [0.05, 0.1) is 0 Å². The molecule has 0 saturated carbocycles. The van der Waals surface area contributed by atoms with E-state index in [1.165, 1.54) is 29.2 Å². The summed E-state index contributed by atoms with van der Waals surface area (Å²) in [6.07, 6.45) is -2.18. The number of aromatic nitrogens is 1. The summed E-state index contributed by atoms with van der Waals surface area (Å²) in [5.41, 5.74) is -1.93. The molecule has 34 heavy (non-hydrogen) atoms. The average molecular weight is 476 g/mol. The van der Waals surface area contributed by atoms with Gasteiger partial charge in [0.2, 0.25) is 5.91 Å². The Morgan fingerprint density at radius 2 is 1.82 bits per heavy atom. The van der Waals surface area contributed by atoms with E-state index in [-0.39, 0.29) is 36.9 Å². The zero-order valence-corrected chi connectivity index (χ0v) is 19.2. The molecule has 3 heterocycles. The number of amides is 2. The fourth-order valence-corrected chi connectivity index (χ4v) is 5.49. The first-order chi connectivity index (χ1) is 16.1. The van der Waals surface area contributed by atoms with Gasteiger partial charge < -0.3 is 15.0 Å². The van der Waals surface area contributed by atoms with Crippen LogP contribution < -0.4 is 5.32 Å². The molecular weight excluding hydrogens is 447 g/mol. The SMILES string of the molecule is CO[C@@](C(=O)N1CCC2(CC1)CC(=O)NC[C@@H]2c1ncccc1C)(c1ccccc1)C(F)(F)F. The Kier molecular flexibility index (Phi) is 6.42. The lowest BCUT2D eigenvalue weighted by molar-refractivity contribution is -0.271. The molecule has 2 aliphatic heterocycles. The topological polar surface area (TPSA) is 71.5 Å². The van der Waals surface area contributed by atoms with Crippen molar-refractivity contribution < 1.29 is 27.5 Å². The summed E-state index contributed by atoms with van der Waals surface area (Å²) in [7, 11) is 0.912. The maximum atomic E-state index is 14.4. The van der Waals surface area contributed by atoms with E-state index in [1.807, 2.05) is 19.1 Å². The summed E-state index contributed by atoms with van der Waals surface area (Å²) in [4.78, 5) is 31.6. The number of nitrogens with zero attached hydrogens (tertiary/aromatic N) is 2. The van der Waals surface area contributed by atoms with E-state index >= 15 is 0 Å². The van der Waals surface area contributed by atoms with Gasteiger partial charge in [-0.1, -0.05) is 36.4 Å². The van der Waals surface area contributed by atoms with E-state index in [4.69, 9.17) is 4.74 Å². The fraction of sp³-hybridized carbons (Fsp3) is 0.480. The lowest BCUT2D eigenvalue weighted by atomic mass is 9.63. The van der Waals surface area contributed by atoms with Crippen LogP contribution in [0.2, 0.25) is 0 Å². The molecule has 1 aromatic carbocycles. The van der Waals surface area contributed by atoms with E-state index in [9.17, 15) is 22.8 Å². The fourth-order valence-electron chi connectivity index (χ4n) is 5.49. The molecule has 1 spiro atoms. The standard InChI is InChI=1S/C25H28F3N3O3/c1-17-7-6-12-29-21(17)19-16-30-20(32)15-23(19)10-13-31(14-11-23)22(33)24(34-2,25(26,27)28)18-8-4-3-5-9-18/h3-9,12,19H,10-11,13-16H2,1-2H3,(H,30,32)/t19-,24-/m1/s1. The monoisotopic (exact) mass is 475 g/mol. The van der Waals surface area contributed by atoms with Gasteiger partial charge in [-0.15, -0.1) is 0 Å². The van der Waals surface area contributed by atoms with Crippen molar-refractivity contribution in [1.82, 2.24) is 15.2 Å². The summed E-state index contributed by atoms with van der Waals surface area (Å²) in [5, 5.41) is 2.91. The highest BCUT2D eigenvalue weighted by Gasteiger charge is 2.64.